The van der Waals surface area contributed by atoms with Gasteiger partial charge in [-0.2, -0.15) is 0 Å². The number of rotatable bonds is 4. The Morgan fingerprint density at radius 2 is 1.72 bits per heavy atom. The number of ether oxygens (including phenoxy) is 1. The van der Waals surface area contributed by atoms with Gasteiger partial charge in [-0.3, -0.25) is 4.79 Å². The normalized spacial score (nSPS) is 15.4. The number of benzene rings is 1. The van der Waals surface area contributed by atoms with E-state index in [0.717, 1.165) is 4.31 Å². The van der Waals surface area contributed by atoms with Crippen LogP contribution in [0.15, 0.2) is 29.2 Å². The molecule has 1 fully saturated rings. The molecule has 0 atom stereocenters. The van der Waals surface area contributed by atoms with Crippen LogP contribution >= 0.6 is 0 Å². The molecule has 2 amide bonds. The van der Waals surface area contributed by atoms with Crippen molar-refractivity contribution >= 4 is 22.0 Å². The molecule has 1 heterocycles. The van der Waals surface area contributed by atoms with Gasteiger partial charge in [0, 0.05) is 45.8 Å². The van der Waals surface area contributed by atoms with Crippen molar-refractivity contribution in [3.8, 4) is 0 Å². The highest BCUT2D eigenvalue weighted by molar-refractivity contribution is 7.89. The Balaban J connectivity index is 2.09. The molecule has 0 N–H and O–H groups in total. The smallest absolute Gasteiger partial charge is 0.409 e. The number of piperazine rings is 1. The lowest BCUT2D eigenvalue weighted by Crippen LogP contribution is -2.50. The molecule has 0 unspecified atom stereocenters. The van der Waals surface area contributed by atoms with Crippen LogP contribution in [-0.4, -0.2) is 81.4 Å². The Kier molecular flexibility index (Phi) is 6.02. The average Bonchev–Trinajstić information content (AvgIpc) is 2.61. The third kappa shape index (κ3) is 4.29. The second kappa shape index (κ2) is 7.83. The van der Waals surface area contributed by atoms with E-state index in [4.69, 9.17) is 4.74 Å². The molecule has 8 nitrogen and oxygen atoms in total. The second-order valence-electron chi connectivity index (χ2n) is 5.79. The second-order valence-corrected chi connectivity index (χ2v) is 7.95. The van der Waals surface area contributed by atoms with E-state index in [1.165, 1.54) is 26.2 Å². The van der Waals surface area contributed by atoms with Crippen LogP contribution < -0.4 is 0 Å². The maximum atomic E-state index is 12.6. The van der Waals surface area contributed by atoms with E-state index >= 15 is 0 Å². The first kappa shape index (κ1) is 19.2. The third-order valence-electron chi connectivity index (χ3n) is 3.95. The van der Waals surface area contributed by atoms with E-state index in [1.54, 1.807) is 28.9 Å². The highest BCUT2D eigenvalue weighted by atomic mass is 32.2. The lowest BCUT2D eigenvalue weighted by atomic mass is 10.2. The van der Waals surface area contributed by atoms with Gasteiger partial charge in [-0.05, 0) is 25.1 Å². The Labute approximate surface area is 148 Å². The molecule has 25 heavy (non-hydrogen) atoms. The summed E-state index contributed by atoms with van der Waals surface area (Å²) in [4.78, 5) is 27.6. The zero-order valence-electron chi connectivity index (χ0n) is 14.6. The first-order valence-electron chi connectivity index (χ1n) is 8.01. The minimum atomic E-state index is -3.60. The van der Waals surface area contributed by atoms with Crippen LogP contribution in [0.4, 0.5) is 4.79 Å². The summed E-state index contributed by atoms with van der Waals surface area (Å²) in [5.41, 5.74) is 0.313. The molecule has 1 saturated heterocycles. The number of hydrogen-bond donors (Lipinski definition) is 0. The number of hydrogen-bond acceptors (Lipinski definition) is 5. The van der Waals surface area contributed by atoms with Crippen molar-refractivity contribution < 1.29 is 22.7 Å². The van der Waals surface area contributed by atoms with E-state index < -0.39 is 10.0 Å². The van der Waals surface area contributed by atoms with Crippen molar-refractivity contribution in [2.45, 2.75) is 11.8 Å². The van der Waals surface area contributed by atoms with Gasteiger partial charge in [0.25, 0.3) is 5.91 Å². The molecule has 0 spiro atoms. The molecule has 0 radical (unpaired) electrons. The highest BCUT2D eigenvalue weighted by Gasteiger charge is 2.26. The molecule has 0 aromatic heterocycles. The zero-order chi connectivity index (χ0) is 18.6. The van der Waals surface area contributed by atoms with Crippen LogP contribution in [0.25, 0.3) is 0 Å². The highest BCUT2D eigenvalue weighted by Crippen LogP contribution is 2.17. The van der Waals surface area contributed by atoms with Crippen molar-refractivity contribution in [2.75, 3.05) is 46.9 Å². The van der Waals surface area contributed by atoms with Crippen LogP contribution in [0.5, 0.6) is 0 Å². The quantitative estimate of drug-likeness (QED) is 0.785. The molecule has 9 heteroatoms. The molecule has 2 rings (SSSR count). The Bertz CT molecular complexity index is 740. The largest absolute Gasteiger partial charge is 0.450 e. The van der Waals surface area contributed by atoms with Crippen molar-refractivity contribution in [1.29, 1.82) is 0 Å². The van der Waals surface area contributed by atoms with Crippen molar-refractivity contribution in [2.24, 2.45) is 0 Å². The molecule has 0 saturated carbocycles. The number of amides is 2. The number of sulfonamides is 1. The minimum Gasteiger partial charge on any atom is -0.450 e. The molecule has 1 aliphatic rings. The summed E-state index contributed by atoms with van der Waals surface area (Å²) in [5.74, 6) is -0.251. The fourth-order valence-electron chi connectivity index (χ4n) is 2.49. The standard InChI is InChI=1S/C16H23N3O5S/c1-4-24-16(21)19-10-8-18(9-11-19)15(20)13-6-5-7-14(12-13)25(22,23)17(2)3/h5-7,12H,4,8-11H2,1-3H3. The molecular formula is C16H23N3O5S. The van der Waals surface area contributed by atoms with Crippen molar-refractivity contribution in [1.82, 2.24) is 14.1 Å². The Hall–Kier alpha value is -2.13. The van der Waals surface area contributed by atoms with Crippen LogP contribution in [0.3, 0.4) is 0 Å². The Morgan fingerprint density at radius 1 is 1.12 bits per heavy atom. The van der Waals surface area contributed by atoms with Crippen LogP contribution in [0.2, 0.25) is 0 Å². The summed E-state index contributed by atoms with van der Waals surface area (Å²) in [7, 11) is -0.711. The summed E-state index contributed by atoms with van der Waals surface area (Å²) in [6.45, 7) is 3.59. The van der Waals surface area contributed by atoms with Gasteiger partial charge in [-0.15, -0.1) is 0 Å². The van der Waals surface area contributed by atoms with Gasteiger partial charge < -0.3 is 14.5 Å². The molecule has 1 aromatic carbocycles. The summed E-state index contributed by atoms with van der Waals surface area (Å²) < 4.78 is 30.5. The molecule has 1 aromatic rings. The number of nitrogens with zero attached hydrogens (tertiary/aromatic N) is 3. The van der Waals surface area contributed by atoms with Crippen molar-refractivity contribution in [3.63, 3.8) is 0 Å². The number of carbonyl (C=O) groups excluding carboxylic acids is 2. The summed E-state index contributed by atoms with van der Waals surface area (Å²) in [6.07, 6.45) is -0.381. The summed E-state index contributed by atoms with van der Waals surface area (Å²) in [6, 6.07) is 5.99. The summed E-state index contributed by atoms with van der Waals surface area (Å²) in [5, 5.41) is 0. The lowest BCUT2D eigenvalue weighted by Gasteiger charge is -2.34. The lowest BCUT2D eigenvalue weighted by molar-refractivity contribution is 0.0570. The van der Waals surface area contributed by atoms with E-state index in [1.807, 2.05) is 0 Å². The Morgan fingerprint density at radius 3 is 2.28 bits per heavy atom. The van der Waals surface area contributed by atoms with E-state index in [9.17, 15) is 18.0 Å². The van der Waals surface area contributed by atoms with Gasteiger partial charge in [0.1, 0.15) is 0 Å². The van der Waals surface area contributed by atoms with Crippen molar-refractivity contribution in [3.05, 3.63) is 29.8 Å². The minimum absolute atomic E-state index is 0.0773. The maximum Gasteiger partial charge on any atom is 0.409 e. The fourth-order valence-corrected chi connectivity index (χ4v) is 3.44. The van der Waals surface area contributed by atoms with Gasteiger partial charge in [0.05, 0.1) is 11.5 Å². The van der Waals surface area contributed by atoms with Crippen LogP contribution in [0, 0.1) is 0 Å². The molecule has 0 bridgehead atoms. The first-order chi connectivity index (χ1) is 11.8. The predicted molar refractivity (Wildman–Crippen MR) is 91.8 cm³/mol. The average molecular weight is 369 g/mol. The molecule has 1 aliphatic heterocycles. The zero-order valence-corrected chi connectivity index (χ0v) is 15.5. The van der Waals surface area contributed by atoms with E-state index in [-0.39, 0.29) is 16.9 Å². The van der Waals surface area contributed by atoms with Gasteiger partial charge in [-0.25, -0.2) is 17.5 Å². The molecule has 0 aliphatic carbocycles. The summed E-state index contributed by atoms with van der Waals surface area (Å²) >= 11 is 0. The van der Waals surface area contributed by atoms with Crippen LogP contribution in [-0.2, 0) is 14.8 Å². The maximum absolute atomic E-state index is 12.6. The van der Waals surface area contributed by atoms with Gasteiger partial charge >= 0.3 is 6.09 Å². The topological polar surface area (TPSA) is 87.2 Å². The molecule has 138 valence electrons. The molecular weight excluding hydrogens is 346 g/mol. The van der Waals surface area contributed by atoms with E-state index in [0.29, 0.717) is 38.3 Å². The van der Waals surface area contributed by atoms with E-state index in [2.05, 4.69) is 0 Å². The van der Waals surface area contributed by atoms with Gasteiger partial charge in [0.2, 0.25) is 10.0 Å². The number of carbonyl (C=O) groups is 2. The van der Waals surface area contributed by atoms with Gasteiger partial charge in [-0.1, -0.05) is 6.07 Å². The predicted octanol–water partition coefficient (Wildman–Crippen LogP) is 0.851. The third-order valence-corrected chi connectivity index (χ3v) is 5.76. The first-order valence-corrected chi connectivity index (χ1v) is 9.45. The van der Waals surface area contributed by atoms with Crippen LogP contribution in [0.1, 0.15) is 17.3 Å². The SMILES string of the molecule is CCOC(=O)N1CCN(C(=O)c2cccc(S(=O)(=O)N(C)C)c2)CC1. The fraction of sp³-hybridized carbons (Fsp3) is 0.500. The monoisotopic (exact) mass is 369 g/mol. The van der Waals surface area contributed by atoms with Gasteiger partial charge in [0.15, 0.2) is 0 Å².